The van der Waals surface area contributed by atoms with Gasteiger partial charge in [-0.15, -0.1) is 0 Å². The Balaban J connectivity index is 1.70. The van der Waals surface area contributed by atoms with Gasteiger partial charge in [0.05, 0.1) is 5.02 Å². The molecule has 1 fully saturated rings. The predicted octanol–water partition coefficient (Wildman–Crippen LogP) is 3.68. The summed E-state index contributed by atoms with van der Waals surface area (Å²) in [7, 11) is 0. The first-order chi connectivity index (χ1) is 14.1. The van der Waals surface area contributed by atoms with E-state index in [4.69, 9.17) is 16.6 Å². The van der Waals surface area contributed by atoms with Gasteiger partial charge < -0.3 is 15.3 Å². The second-order valence-corrected chi connectivity index (χ2v) is 7.36. The number of aliphatic hydroxyl groups excluding tert-OH is 1. The summed E-state index contributed by atoms with van der Waals surface area (Å²) in [4.78, 5) is 19.5. The van der Waals surface area contributed by atoms with Crippen LogP contribution >= 0.6 is 11.6 Å². The van der Waals surface area contributed by atoms with Crippen LogP contribution in [0.1, 0.15) is 12.8 Å². The summed E-state index contributed by atoms with van der Waals surface area (Å²) in [6.07, 6.45) is 8.58. The molecule has 1 aliphatic heterocycles. The first-order valence-electron chi connectivity index (χ1n) is 9.34. The molecular weight excluding hydrogens is 395 g/mol. The molecule has 0 amide bonds. The highest BCUT2D eigenvalue weighted by atomic mass is 35.5. The van der Waals surface area contributed by atoms with Crippen LogP contribution in [0.3, 0.4) is 0 Å². The van der Waals surface area contributed by atoms with Crippen molar-refractivity contribution in [1.82, 2.24) is 19.9 Å². The monoisotopic (exact) mass is 414 g/mol. The minimum atomic E-state index is -0.485. The molecule has 0 aliphatic carbocycles. The van der Waals surface area contributed by atoms with E-state index in [0.29, 0.717) is 18.2 Å². The van der Waals surface area contributed by atoms with Crippen molar-refractivity contribution in [2.45, 2.75) is 12.8 Å². The van der Waals surface area contributed by atoms with E-state index >= 15 is 0 Å². The zero-order valence-electron chi connectivity index (χ0n) is 15.6. The highest BCUT2D eigenvalue weighted by molar-refractivity contribution is 6.31. The highest BCUT2D eigenvalue weighted by Gasteiger charge is 2.24. The SMILES string of the molecule is OCC1CCCN(c2nc(Nc3ccc(F)c(Cl)c3)ncc2-c2cncnc2)C1. The number of anilines is 3. The van der Waals surface area contributed by atoms with Crippen LogP contribution in [0.5, 0.6) is 0 Å². The lowest BCUT2D eigenvalue weighted by Crippen LogP contribution is -2.37. The number of nitrogens with zero attached hydrogens (tertiary/aromatic N) is 5. The Hall–Kier alpha value is -2.84. The minimum absolute atomic E-state index is 0.0232. The number of halogens is 2. The van der Waals surface area contributed by atoms with Crippen molar-refractivity contribution >= 4 is 29.1 Å². The summed E-state index contributed by atoms with van der Waals surface area (Å²) < 4.78 is 13.4. The maximum atomic E-state index is 13.4. The van der Waals surface area contributed by atoms with Crippen LogP contribution < -0.4 is 10.2 Å². The Morgan fingerprint density at radius 2 is 2.07 bits per heavy atom. The average Bonchev–Trinajstić information content (AvgIpc) is 2.77. The number of aromatic nitrogens is 4. The molecule has 7 nitrogen and oxygen atoms in total. The summed E-state index contributed by atoms with van der Waals surface area (Å²) in [5.41, 5.74) is 2.21. The van der Waals surface area contributed by atoms with E-state index in [1.807, 2.05) is 0 Å². The van der Waals surface area contributed by atoms with Gasteiger partial charge in [-0.05, 0) is 37.0 Å². The Kier molecular flexibility index (Phi) is 5.82. The van der Waals surface area contributed by atoms with Crippen LogP contribution in [-0.4, -0.2) is 44.7 Å². The second-order valence-electron chi connectivity index (χ2n) is 6.95. The first kappa shape index (κ1) is 19.5. The highest BCUT2D eigenvalue weighted by Crippen LogP contribution is 2.32. The Morgan fingerprint density at radius 1 is 1.24 bits per heavy atom. The summed E-state index contributed by atoms with van der Waals surface area (Å²) in [6, 6.07) is 4.35. The van der Waals surface area contributed by atoms with Crippen LogP contribution in [0.2, 0.25) is 5.02 Å². The van der Waals surface area contributed by atoms with Gasteiger partial charge >= 0.3 is 0 Å². The molecule has 0 radical (unpaired) electrons. The fourth-order valence-corrected chi connectivity index (χ4v) is 3.61. The van der Waals surface area contributed by atoms with E-state index in [2.05, 4.69) is 25.2 Å². The van der Waals surface area contributed by atoms with Crippen molar-refractivity contribution < 1.29 is 9.50 Å². The van der Waals surface area contributed by atoms with Crippen molar-refractivity contribution in [1.29, 1.82) is 0 Å². The lowest BCUT2D eigenvalue weighted by atomic mass is 9.98. The number of hydrogen-bond donors (Lipinski definition) is 2. The standard InChI is InChI=1S/C20H20ClFN6O/c21-17-6-15(3-4-18(17)22)26-20-25-9-16(14-7-23-12-24-8-14)19(27-20)28-5-1-2-13(10-28)11-29/h3-4,6-9,12-13,29H,1-2,5,10-11H2,(H,25,26,27). The fourth-order valence-electron chi connectivity index (χ4n) is 3.43. The largest absolute Gasteiger partial charge is 0.396 e. The third-order valence-electron chi connectivity index (χ3n) is 4.89. The summed E-state index contributed by atoms with van der Waals surface area (Å²) in [6.45, 7) is 1.68. The number of aliphatic hydroxyl groups is 1. The van der Waals surface area contributed by atoms with E-state index in [-0.39, 0.29) is 17.5 Å². The molecule has 0 bridgehead atoms. The van der Waals surface area contributed by atoms with Crippen LogP contribution in [0.4, 0.5) is 21.8 Å². The van der Waals surface area contributed by atoms with Crippen molar-refractivity contribution in [3.63, 3.8) is 0 Å². The number of benzene rings is 1. The zero-order chi connectivity index (χ0) is 20.2. The van der Waals surface area contributed by atoms with Gasteiger partial charge in [0.2, 0.25) is 5.95 Å². The lowest BCUT2D eigenvalue weighted by molar-refractivity contribution is 0.208. The molecule has 3 aromatic rings. The van der Waals surface area contributed by atoms with Gasteiger partial charge in [0.1, 0.15) is 18.0 Å². The molecule has 1 aromatic carbocycles. The third-order valence-corrected chi connectivity index (χ3v) is 5.18. The Labute approximate surface area is 172 Å². The van der Waals surface area contributed by atoms with Gasteiger partial charge in [-0.1, -0.05) is 11.6 Å². The van der Waals surface area contributed by atoms with Gasteiger partial charge in [0.15, 0.2) is 0 Å². The van der Waals surface area contributed by atoms with E-state index in [0.717, 1.165) is 36.3 Å². The van der Waals surface area contributed by atoms with Gasteiger partial charge in [-0.25, -0.2) is 19.3 Å². The topological polar surface area (TPSA) is 87.1 Å². The van der Waals surface area contributed by atoms with E-state index < -0.39 is 5.82 Å². The molecule has 1 atom stereocenters. The number of nitrogens with one attached hydrogen (secondary N) is 1. The van der Waals surface area contributed by atoms with E-state index in [9.17, 15) is 9.50 Å². The molecule has 150 valence electrons. The van der Waals surface area contributed by atoms with Crippen LogP contribution in [0.25, 0.3) is 11.1 Å². The van der Waals surface area contributed by atoms with Crippen LogP contribution in [0.15, 0.2) is 43.1 Å². The molecule has 4 rings (SSSR count). The van der Waals surface area contributed by atoms with Gasteiger partial charge in [0.25, 0.3) is 0 Å². The molecule has 2 aromatic heterocycles. The van der Waals surface area contributed by atoms with E-state index in [1.54, 1.807) is 24.7 Å². The molecule has 9 heteroatoms. The molecule has 2 N–H and O–H groups in total. The summed E-state index contributed by atoms with van der Waals surface area (Å²) in [5.74, 6) is 0.825. The molecule has 1 aliphatic rings. The molecule has 1 saturated heterocycles. The van der Waals surface area contributed by atoms with E-state index in [1.165, 1.54) is 18.5 Å². The van der Waals surface area contributed by atoms with Crippen molar-refractivity contribution in [2.75, 3.05) is 29.9 Å². The summed E-state index contributed by atoms with van der Waals surface area (Å²) >= 11 is 5.87. The third kappa shape index (κ3) is 4.44. The Bertz CT molecular complexity index is 990. The fraction of sp³-hybridized carbons (Fsp3) is 0.300. The first-order valence-corrected chi connectivity index (χ1v) is 9.72. The molecule has 0 spiro atoms. The molecule has 29 heavy (non-hydrogen) atoms. The average molecular weight is 415 g/mol. The van der Waals surface area contributed by atoms with Crippen molar-refractivity contribution in [3.8, 4) is 11.1 Å². The Morgan fingerprint density at radius 3 is 2.83 bits per heavy atom. The maximum Gasteiger partial charge on any atom is 0.229 e. The molecule has 3 heterocycles. The zero-order valence-corrected chi connectivity index (χ0v) is 16.3. The van der Waals surface area contributed by atoms with Gasteiger partial charge in [0, 0.05) is 55.1 Å². The van der Waals surface area contributed by atoms with Gasteiger partial charge in [-0.2, -0.15) is 4.98 Å². The van der Waals surface area contributed by atoms with Crippen LogP contribution in [-0.2, 0) is 0 Å². The number of piperidine rings is 1. The minimum Gasteiger partial charge on any atom is -0.396 e. The number of hydrogen-bond acceptors (Lipinski definition) is 7. The molecule has 0 saturated carbocycles. The quantitative estimate of drug-likeness (QED) is 0.658. The van der Waals surface area contributed by atoms with Crippen LogP contribution in [0, 0.1) is 11.7 Å². The van der Waals surface area contributed by atoms with Crippen molar-refractivity contribution in [2.24, 2.45) is 5.92 Å². The summed E-state index contributed by atoms with van der Waals surface area (Å²) in [5, 5.41) is 12.7. The maximum absolute atomic E-state index is 13.4. The normalized spacial score (nSPS) is 16.7. The number of rotatable bonds is 5. The predicted molar refractivity (Wildman–Crippen MR) is 110 cm³/mol. The lowest BCUT2D eigenvalue weighted by Gasteiger charge is -2.33. The smallest absolute Gasteiger partial charge is 0.229 e. The molecule has 1 unspecified atom stereocenters. The van der Waals surface area contributed by atoms with Gasteiger partial charge in [-0.3, -0.25) is 0 Å². The van der Waals surface area contributed by atoms with Crippen molar-refractivity contribution in [3.05, 3.63) is 54.0 Å². The molecular formula is C20H20ClFN6O. The second kappa shape index (κ2) is 8.67.